The molecule has 2 N–H and O–H groups in total. The van der Waals surface area contributed by atoms with Crippen LogP contribution in [0.3, 0.4) is 0 Å². The third-order valence-corrected chi connectivity index (χ3v) is 5.97. The molecule has 0 aromatic heterocycles. The summed E-state index contributed by atoms with van der Waals surface area (Å²) in [6.45, 7) is 4.30. The highest BCUT2D eigenvalue weighted by Crippen LogP contribution is 2.28. The summed E-state index contributed by atoms with van der Waals surface area (Å²) in [6.07, 6.45) is 1.68. The summed E-state index contributed by atoms with van der Waals surface area (Å²) in [5, 5.41) is 0. The van der Waals surface area contributed by atoms with Crippen molar-refractivity contribution in [3.63, 3.8) is 0 Å². The minimum Gasteiger partial charge on any atom is -0.328 e. The predicted molar refractivity (Wildman–Crippen MR) is 76.3 cm³/mol. The van der Waals surface area contributed by atoms with Gasteiger partial charge >= 0.3 is 0 Å². The fourth-order valence-electron chi connectivity index (χ4n) is 2.69. The summed E-state index contributed by atoms with van der Waals surface area (Å²) in [4.78, 5) is -0.203. The molecule has 1 heterocycles. The van der Waals surface area contributed by atoms with Gasteiger partial charge in [0, 0.05) is 19.1 Å². The average Bonchev–Trinajstić information content (AvgIpc) is 2.38. The summed E-state index contributed by atoms with van der Waals surface area (Å²) in [6, 6.07) is 4.26. The quantitative estimate of drug-likeness (QED) is 0.927. The van der Waals surface area contributed by atoms with Gasteiger partial charge < -0.3 is 5.73 Å². The highest BCUT2D eigenvalue weighted by molar-refractivity contribution is 7.89. The Morgan fingerprint density at radius 1 is 1.45 bits per heavy atom. The van der Waals surface area contributed by atoms with Crippen molar-refractivity contribution in [2.75, 3.05) is 13.1 Å². The van der Waals surface area contributed by atoms with E-state index in [9.17, 15) is 12.8 Å². The van der Waals surface area contributed by atoms with Gasteiger partial charge in [-0.05, 0) is 44.2 Å². The van der Waals surface area contributed by atoms with Crippen LogP contribution in [0, 0.1) is 18.7 Å². The van der Waals surface area contributed by atoms with Crippen LogP contribution in [0.2, 0.25) is 0 Å². The number of hydrogen-bond acceptors (Lipinski definition) is 3. The molecule has 1 saturated heterocycles. The molecule has 20 heavy (non-hydrogen) atoms. The minimum absolute atomic E-state index is 0.0604. The Balaban J connectivity index is 2.35. The molecule has 0 aliphatic carbocycles. The van der Waals surface area contributed by atoms with Gasteiger partial charge in [0.25, 0.3) is 0 Å². The van der Waals surface area contributed by atoms with Crippen molar-refractivity contribution in [1.82, 2.24) is 4.31 Å². The van der Waals surface area contributed by atoms with E-state index in [1.165, 1.54) is 16.4 Å². The molecule has 112 valence electrons. The molecule has 0 spiro atoms. The maximum atomic E-state index is 13.9. The Kier molecular flexibility index (Phi) is 4.46. The summed E-state index contributed by atoms with van der Waals surface area (Å²) >= 11 is 0. The number of aryl methyl sites for hydroxylation is 1. The lowest BCUT2D eigenvalue weighted by Crippen LogP contribution is -2.45. The maximum Gasteiger partial charge on any atom is 0.246 e. The van der Waals surface area contributed by atoms with Crippen LogP contribution in [0.25, 0.3) is 0 Å². The summed E-state index contributed by atoms with van der Waals surface area (Å²) in [5.74, 6) is -0.557. The second-order valence-corrected chi connectivity index (χ2v) is 7.39. The predicted octanol–water partition coefficient (Wildman–Crippen LogP) is 1.88. The number of nitrogens with two attached hydrogens (primary N) is 1. The monoisotopic (exact) mass is 300 g/mol. The molecule has 0 unspecified atom stereocenters. The van der Waals surface area contributed by atoms with Gasteiger partial charge in [0.1, 0.15) is 10.7 Å². The first-order valence-electron chi connectivity index (χ1n) is 6.85. The molecule has 1 aliphatic rings. The van der Waals surface area contributed by atoms with Crippen molar-refractivity contribution in [1.29, 1.82) is 0 Å². The van der Waals surface area contributed by atoms with Crippen molar-refractivity contribution in [2.45, 2.75) is 37.6 Å². The molecule has 1 aromatic carbocycles. The molecule has 1 fully saturated rings. The van der Waals surface area contributed by atoms with Crippen LogP contribution in [0.15, 0.2) is 23.1 Å². The van der Waals surface area contributed by atoms with Crippen molar-refractivity contribution in [3.05, 3.63) is 29.6 Å². The van der Waals surface area contributed by atoms with Crippen LogP contribution in [-0.4, -0.2) is 31.9 Å². The highest BCUT2D eigenvalue weighted by atomic mass is 32.2. The lowest BCUT2D eigenvalue weighted by atomic mass is 9.93. The van der Waals surface area contributed by atoms with Gasteiger partial charge in [-0.1, -0.05) is 12.1 Å². The molecule has 6 heteroatoms. The van der Waals surface area contributed by atoms with Crippen molar-refractivity contribution in [3.8, 4) is 0 Å². The molecule has 1 aromatic rings. The summed E-state index contributed by atoms with van der Waals surface area (Å²) in [7, 11) is -3.79. The van der Waals surface area contributed by atoms with E-state index < -0.39 is 15.8 Å². The fourth-order valence-corrected chi connectivity index (χ4v) is 4.50. The number of piperidine rings is 1. The lowest BCUT2D eigenvalue weighted by molar-refractivity contribution is 0.242. The van der Waals surface area contributed by atoms with E-state index in [1.54, 1.807) is 13.0 Å². The van der Waals surface area contributed by atoms with Gasteiger partial charge in [-0.25, -0.2) is 12.8 Å². The number of benzene rings is 1. The second kappa shape index (κ2) is 5.79. The third kappa shape index (κ3) is 2.87. The van der Waals surface area contributed by atoms with Crippen LogP contribution in [0.5, 0.6) is 0 Å². The zero-order valence-corrected chi connectivity index (χ0v) is 12.7. The molecule has 0 bridgehead atoms. The van der Waals surface area contributed by atoms with Crippen molar-refractivity contribution >= 4 is 10.0 Å². The van der Waals surface area contributed by atoms with Crippen LogP contribution in [-0.2, 0) is 10.0 Å². The van der Waals surface area contributed by atoms with E-state index in [2.05, 4.69) is 0 Å². The van der Waals surface area contributed by atoms with Crippen LogP contribution >= 0.6 is 0 Å². The Bertz CT molecular complexity index is 567. The summed E-state index contributed by atoms with van der Waals surface area (Å²) < 4.78 is 40.6. The van der Waals surface area contributed by atoms with E-state index in [4.69, 9.17) is 5.73 Å². The number of rotatable bonds is 3. The largest absolute Gasteiger partial charge is 0.328 e. The van der Waals surface area contributed by atoms with Crippen LogP contribution < -0.4 is 5.73 Å². The fraction of sp³-hybridized carbons (Fsp3) is 0.571. The average molecular weight is 300 g/mol. The van der Waals surface area contributed by atoms with Gasteiger partial charge in [0.15, 0.2) is 0 Å². The molecule has 4 nitrogen and oxygen atoms in total. The molecular formula is C14H21FN2O2S. The molecule has 0 saturated carbocycles. The molecule has 0 amide bonds. The van der Waals surface area contributed by atoms with E-state index in [-0.39, 0.29) is 16.9 Å². The Morgan fingerprint density at radius 3 is 2.75 bits per heavy atom. The second-order valence-electron chi connectivity index (χ2n) is 5.51. The smallest absolute Gasteiger partial charge is 0.246 e. The molecule has 0 radical (unpaired) electrons. The normalized spacial score (nSPS) is 22.7. The van der Waals surface area contributed by atoms with Crippen LogP contribution in [0.1, 0.15) is 25.3 Å². The first-order chi connectivity index (χ1) is 9.34. The minimum atomic E-state index is -3.79. The zero-order chi connectivity index (χ0) is 14.9. The summed E-state index contributed by atoms with van der Waals surface area (Å²) in [5.41, 5.74) is 6.31. The number of hydrogen-bond donors (Lipinski definition) is 1. The maximum absolute atomic E-state index is 13.9. The van der Waals surface area contributed by atoms with E-state index >= 15 is 0 Å². The van der Waals surface area contributed by atoms with Crippen LogP contribution in [0.4, 0.5) is 4.39 Å². The van der Waals surface area contributed by atoms with E-state index in [0.29, 0.717) is 18.7 Å². The standard InChI is InChI=1S/C14H21FN2O2S/c1-10-5-3-7-13(15)14(10)20(18,19)17-8-4-6-12(9-17)11(2)16/h3,5,7,11-12H,4,6,8-9,16H2,1-2H3/t11-,12-/m1/s1. The first-order valence-corrected chi connectivity index (χ1v) is 8.29. The van der Waals surface area contributed by atoms with E-state index in [0.717, 1.165) is 12.8 Å². The number of nitrogens with zero attached hydrogens (tertiary/aromatic N) is 1. The molecule has 1 aliphatic heterocycles. The van der Waals surface area contributed by atoms with Crippen molar-refractivity contribution < 1.29 is 12.8 Å². The zero-order valence-electron chi connectivity index (χ0n) is 11.8. The topological polar surface area (TPSA) is 63.4 Å². The molecule has 2 rings (SSSR count). The van der Waals surface area contributed by atoms with Gasteiger partial charge in [-0.3, -0.25) is 0 Å². The first kappa shape index (κ1) is 15.4. The highest BCUT2D eigenvalue weighted by Gasteiger charge is 2.33. The van der Waals surface area contributed by atoms with Gasteiger partial charge in [-0.15, -0.1) is 0 Å². The van der Waals surface area contributed by atoms with Gasteiger partial charge in [-0.2, -0.15) is 4.31 Å². The number of halogens is 1. The van der Waals surface area contributed by atoms with E-state index in [1.807, 2.05) is 6.92 Å². The number of sulfonamides is 1. The Morgan fingerprint density at radius 2 is 2.15 bits per heavy atom. The molecule has 2 atom stereocenters. The third-order valence-electron chi connectivity index (χ3n) is 3.93. The molecular weight excluding hydrogens is 279 g/mol. The van der Waals surface area contributed by atoms with Crippen molar-refractivity contribution in [2.24, 2.45) is 11.7 Å². The Hall–Kier alpha value is -0.980. The Labute approximate surface area is 119 Å². The SMILES string of the molecule is Cc1cccc(F)c1S(=O)(=O)N1CCC[C@@H]([C@@H](C)N)C1. The lowest BCUT2D eigenvalue weighted by Gasteiger charge is -2.34. The van der Waals surface area contributed by atoms with Gasteiger partial charge in [0.2, 0.25) is 10.0 Å². The van der Waals surface area contributed by atoms with Gasteiger partial charge in [0.05, 0.1) is 0 Å².